The molecule has 0 unspecified atom stereocenters. The van der Waals surface area contributed by atoms with Crippen molar-refractivity contribution >= 4 is 74.7 Å². The average molecular weight is 563 g/mol. The van der Waals surface area contributed by atoms with Crippen LogP contribution in [-0.2, 0) is 20.9 Å². The number of rotatable bonds is 7. The zero-order chi connectivity index (χ0) is 27.5. The minimum absolute atomic E-state index is 0.0297. The number of carbonyl (C=O) groups is 4. The molecule has 1 saturated heterocycles. The van der Waals surface area contributed by atoms with Gasteiger partial charge in [-0.25, -0.2) is 4.39 Å². The van der Waals surface area contributed by atoms with E-state index in [1.807, 2.05) is 24.3 Å². The fourth-order valence-electron chi connectivity index (χ4n) is 4.06. The van der Waals surface area contributed by atoms with E-state index in [4.69, 9.17) is 11.6 Å². The summed E-state index contributed by atoms with van der Waals surface area (Å²) in [7, 11) is 0. The first-order valence-corrected chi connectivity index (χ1v) is 12.9. The van der Waals surface area contributed by atoms with Gasteiger partial charge in [0, 0.05) is 39.1 Å². The van der Waals surface area contributed by atoms with E-state index < -0.39 is 29.4 Å². The van der Waals surface area contributed by atoms with Crippen LogP contribution in [0.5, 0.6) is 0 Å². The first-order chi connectivity index (χ1) is 18.8. The topological polar surface area (TPSA) is 101 Å². The highest BCUT2D eigenvalue weighted by atomic mass is 35.5. The Morgan fingerprint density at radius 1 is 0.872 bits per heavy atom. The molecule has 0 atom stereocenters. The van der Waals surface area contributed by atoms with Crippen molar-refractivity contribution in [3.63, 3.8) is 0 Å². The number of amides is 4. The van der Waals surface area contributed by atoms with Crippen LogP contribution in [0.3, 0.4) is 0 Å². The number of hydrogen-bond acceptors (Lipinski definition) is 5. The lowest BCUT2D eigenvalue weighted by atomic mass is 10.1. The molecule has 1 aromatic heterocycles. The van der Waals surface area contributed by atoms with E-state index in [9.17, 15) is 23.6 Å². The maximum absolute atomic E-state index is 13.2. The third-order valence-corrected chi connectivity index (χ3v) is 7.01. The fraction of sp³-hybridized carbons (Fsp3) is 0.0714. The maximum atomic E-state index is 13.2. The summed E-state index contributed by atoms with van der Waals surface area (Å²) >= 11 is 6.60. The summed E-state index contributed by atoms with van der Waals surface area (Å²) < 4.78 is 14.9. The van der Waals surface area contributed by atoms with Crippen LogP contribution in [0.15, 0.2) is 83.9 Å². The number of halogens is 2. The standard InChI is InChI=1S/C28H20ClFN4O4S/c29-18-5-9-20(10-6-18)32-26(36)16-34-27(37)24(39-28(34)38)13-17-14-33(23-4-2-1-3-22(17)23)15-25(35)31-21-11-7-19(30)8-12-21/h1-14H,15-16H2,(H,31,35)(H,32,36)/b24-13-. The molecular formula is C28H20ClFN4O4S. The first-order valence-electron chi connectivity index (χ1n) is 11.7. The molecule has 39 heavy (non-hydrogen) atoms. The maximum Gasteiger partial charge on any atom is 0.294 e. The molecule has 11 heteroatoms. The number of thioether (sulfide) groups is 1. The van der Waals surface area contributed by atoms with E-state index in [2.05, 4.69) is 10.6 Å². The third kappa shape index (κ3) is 6.02. The highest BCUT2D eigenvalue weighted by Gasteiger charge is 2.36. The summed E-state index contributed by atoms with van der Waals surface area (Å²) in [6.45, 7) is -0.464. The second kappa shape index (κ2) is 11.1. The molecule has 0 aliphatic carbocycles. The number of nitrogens with one attached hydrogen (secondary N) is 2. The molecule has 0 spiro atoms. The number of para-hydroxylation sites is 1. The number of anilines is 2. The van der Waals surface area contributed by atoms with Gasteiger partial charge in [-0.15, -0.1) is 0 Å². The van der Waals surface area contributed by atoms with Gasteiger partial charge in [-0.3, -0.25) is 24.1 Å². The van der Waals surface area contributed by atoms with Crippen molar-refractivity contribution in [1.29, 1.82) is 0 Å². The van der Waals surface area contributed by atoms with E-state index in [1.54, 1.807) is 41.1 Å². The van der Waals surface area contributed by atoms with E-state index in [1.165, 1.54) is 24.3 Å². The lowest BCUT2D eigenvalue weighted by Gasteiger charge is -2.12. The number of imide groups is 1. The Morgan fingerprint density at radius 2 is 1.49 bits per heavy atom. The number of aromatic nitrogens is 1. The smallest absolute Gasteiger partial charge is 0.294 e. The van der Waals surface area contributed by atoms with Crippen LogP contribution < -0.4 is 10.6 Å². The van der Waals surface area contributed by atoms with Gasteiger partial charge in [-0.2, -0.15) is 0 Å². The molecule has 0 bridgehead atoms. The predicted octanol–water partition coefficient (Wildman–Crippen LogP) is 5.75. The Morgan fingerprint density at radius 3 is 2.18 bits per heavy atom. The lowest BCUT2D eigenvalue weighted by Crippen LogP contribution is -2.36. The molecule has 4 aromatic rings. The van der Waals surface area contributed by atoms with Crippen LogP contribution in [-0.4, -0.2) is 39.0 Å². The average Bonchev–Trinajstić information content (AvgIpc) is 3.38. The first kappa shape index (κ1) is 26.2. The zero-order valence-corrected chi connectivity index (χ0v) is 21.8. The molecule has 2 N–H and O–H groups in total. The Labute approximate surface area is 231 Å². The van der Waals surface area contributed by atoms with Gasteiger partial charge >= 0.3 is 0 Å². The van der Waals surface area contributed by atoms with Crippen LogP contribution in [0.25, 0.3) is 17.0 Å². The largest absolute Gasteiger partial charge is 0.337 e. The summed E-state index contributed by atoms with van der Waals surface area (Å²) in [5.41, 5.74) is 2.34. The number of hydrogen-bond donors (Lipinski definition) is 2. The second-order valence-corrected chi connectivity index (χ2v) is 10.0. The molecule has 4 amide bonds. The van der Waals surface area contributed by atoms with Gasteiger partial charge in [0.15, 0.2) is 0 Å². The highest BCUT2D eigenvalue weighted by Crippen LogP contribution is 2.34. The number of fused-ring (bicyclic) bond motifs is 1. The van der Waals surface area contributed by atoms with Gasteiger partial charge in [-0.05, 0) is 72.4 Å². The fourth-order valence-corrected chi connectivity index (χ4v) is 5.02. The number of benzene rings is 3. The van der Waals surface area contributed by atoms with E-state index in [-0.39, 0.29) is 17.4 Å². The number of nitrogens with zero attached hydrogens (tertiary/aromatic N) is 2. The quantitative estimate of drug-likeness (QED) is 0.279. The van der Waals surface area contributed by atoms with E-state index in [0.717, 1.165) is 27.6 Å². The summed E-state index contributed by atoms with van der Waals surface area (Å²) in [6.07, 6.45) is 3.30. The molecule has 0 radical (unpaired) electrons. The van der Waals surface area contributed by atoms with Gasteiger partial charge in [0.1, 0.15) is 18.9 Å². The van der Waals surface area contributed by atoms with Crippen LogP contribution in [0.4, 0.5) is 20.6 Å². The Balaban J connectivity index is 1.32. The molecule has 2 heterocycles. The van der Waals surface area contributed by atoms with Gasteiger partial charge in [0.25, 0.3) is 11.1 Å². The van der Waals surface area contributed by atoms with Crippen LogP contribution in [0, 0.1) is 5.82 Å². The molecule has 1 fully saturated rings. The predicted molar refractivity (Wildman–Crippen MR) is 150 cm³/mol. The van der Waals surface area contributed by atoms with Crippen LogP contribution in [0.1, 0.15) is 5.56 Å². The van der Waals surface area contributed by atoms with Crippen molar-refractivity contribution in [2.24, 2.45) is 0 Å². The van der Waals surface area contributed by atoms with Crippen molar-refractivity contribution in [2.45, 2.75) is 6.54 Å². The second-order valence-electron chi connectivity index (χ2n) is 8.61. The molecule has 1 aliphatic rings. The lowest BCUT2D eigenvalue weighted by molar-refractivity contribution is -0.127. The molecule has 1 aliphatic heterocycles. The van der Waals surface area contributed by atoms with Gasteiger partial charge in [0.05, 0.1) is 4.91 Å². The van der Waals surface area contributed by atoms with Crippen molar-refractivity contribution in [1.82, 2.24) is 9.47 Å². The van der Waals surface area contributed by atoms with Crippen molar-refractivity contribution < 1.29 is 23.6 Å². The summed E-state index contributed by atoms with van der Waals surface area (Å²) in [5.74, 6) is -1.83. The molecular weight excluding hydrogens is 543 g/mol. The normalized spacial score (nSPS) is 14.3. The van der Waals surface area contributed by atoms with E-state index >= 15 is 0 Å². The van der Waals surface area contributed by atoms with Crippen LogP contribution >= 0.6 is 23.4 Å². The monoisotopic (exact) mass is 562 g/mol. The van der Waals surface area contributed by atoms with Gasteiger partial charge < -0.3 is 15.2 Å². The zero-order valence-electron chi connectivity index (χ0n) is 20.2. The SMILES string of the molecule is O=C(CN1C(=O)S/C(=C\c2cn(CC(=O)Nc3ccc(F)cc3)c3ccccc23)C1=O)Nc1ccc(Cl)cc1. The minimum Gasteiger partial charge on any atom is -0.337 e. The van der Waals surface area contributed by atoms with Gasteiger partial charge in [0.2, 0.25) is 11.8 Å². The Kier molecular flexibility index (Phi) is 7.49. The van der Waals surface area contributed by atoms with Crippen molar-refractivity contribution in [3.8, 4) is 0 Å². The molecule has 0 saturated carbocycles. The Bertz CT molecular complexity index is 1630. The van der Waals surface area contributed by atoms with Gasteiger partial charge in [-0.1, -0.05) is 29.8 Å². The minimum atomic E-state index is -0.581. The summed E-state index contributed by atoms with van der Waals surface area (Å²) in [4.78, 5) is 51.8. The molecule has 5 rings (SSSR count). The molecule has 3 aromatic carbocycles. The van der Waals surface area contributed by atoms with E-state index in [0.29, 0.717) is 22.0 Å². The Hall–Kier alpha value is -4.41. The third-order valence-electron chi connectivity index (χ3n) is 5.85. The van der Waals surface area contributed by atoms with Crippen LogP contribution in [0.2, 0.25) is 5.02 Å². The molecule has 8 nitrogen and oxygen atoms in total. The van der Waals surface area contributed by atoms with Crippen molar-refractivity contribution in [3.05, 3.63) is 100 Å². The molecule has 196 valence electrons. The summed E-state index contributed by atoms with van der Waals surface area (Å²) in [5, 5.41) is 6.10. The summed E-state index contributed by atoms with van der Waals surface area (Å²) in [6, 6.07) is 19.3. The van der Waals surface area contributed by atoms with Crippen molar-refractivity contribution in [2.75, 3.05) is 17.2 Å². The number of carbonyl (C=O) groups excluding carboxylic acids is 4. The highest BCUT2D eigenvalue weighted by molar-refractivity contribution is 8.18.